The van der Waals surface area contributed by atoms with Crippen molar-refractivity contribution in [1.82, 2.24) is 0 Å². The van der Waals surface area contributed by atoms with Gasteiger partial charge in [-0.05, 0) is 20.3 Å². The van der Waals surface area contributed by atoms with Crippen LogP contribution in [0.2, 0.25) is 0 Å². The van der Waals surface area contributed by atoms with E-state index in [1.54, 1.807) is 13.8 Å². The van der Waals surface area contributed by atoms with Crippen molar-refractivity contribution in [3.05, 3.63) is 0 Å². The average Bonchev–Trinajstić information content (AvgIpc) is 2.14. The Balaban J connectivity index is 4.17. The molecule has 0 rings (SSSR count). The number of esters is 1. The number of ether oxygens (including phenoxy) is 1. The van der Waals surface area contributed by atoms with Crippen molar-refractivity contribution in [3.8, 4) is 0 Å². The van der Waals surface area contributed by atoms with E-state index in [0.29, 0.717) is 6.42 Å². The van der Waals surface area contributed by atoms with Crippen molar-refractivity contribution < 1.29 is 19.4 Å². The largest absolute Gasteiger partial charge is 0.481 e. The third-order valence-corrected chi connectivity index (χ3v) is 2.26. The molecule has 4 heteroatoms. The maximum atomic E-state index is 11.6. The van der Waals surface area contributed by atoms with Gasteiger partial charge in [-0.25, -0.2) is 0 Å². The molecule has 1 unspecified atom stereocenters. The Hall–Kier alpha value is -1.06. The van der Waals surface area contributed by atoms with Crippen LogP contribution in [0.3, 0.4) is 0 Å². The van der Waals surface area contributed by atoms with Crippen LogP contribution in [0.5, 0.6) is 0 Å². The van der Waals surface area contributed by atoms with Crippen molar-refractivity contribution in [1.29, 1.82) is 0 Å². The second-order valence-electron chi connectivity index (χ2n) is 4.28. The van der Waals surface area contributed by atoms with Crippen LogP contribution in [-0.2, 0) is 14.3 Å². The Labute approximate surface area is 97.0 Å². The quantitative estimate of drug-likeness (QED) is 0.514. The summed E-state index contributed by atoms with van der Waals surface area (Å²) in [6.07, 6.45) is 3.24. The molecule has 0 heterocycles. The molecule has 0 aliphatic heterocycles. The van der Waals surface area contributed by atoms with Crippen molar-refractivity contribution >= 4 is 11.9 Å². The van der Waals surface area contributed by atoms with Crippen LogP contribution in [0, 0.1) is 5.92 Å². The third kappa shape index (κ3) is 7.26. The molecule has 0 aliphatic rings. The molecule has 0 aromatic carbocycles. The fourth-order valence-electron chi connectivity index (χ4n) is 1.48. The molecule has 0 saturated carbocycles. The SMILES string of the molecule is CCCCCC(CC(=O)O)C(=O)OC(C)C. The summed E-state index contributed by atoms with van der Waals surface area (Å²) in [6, 6.07) is 0. The molecule has 0 fully saturated rings. The molecule has 94 valence electrons. The van der Waals surface area contributed by atoms with Gasteiger partial charge in [-0.15, -0.1) is 0 Å². The first-order chi connectivity index (χ1) is 7.47. The molecular formula is C12H22O4. The summed E-state index contributed by atoms with van der Waals surface area (Å²) >= 11 is 0. The van der Waals surface area contributed by atoms with Crippen molar-refractivity contribution in [3.63, 3.8) is 0 Å². The highest BCUT2D eigenvalue weighted by Gasteiger charge is 2.23. The molecule has 0 aromatic heterocycles. The number of unbranched alkanes of at least 4 members (excludes halogenated alkanes) is 2. The Morgan fingerprint density at radius 1 is 1.25 bits per heavy atom. The molecule has 0 amide bonds. The van der Waals surface area contributed by atoms with Gasteiger partial charge in [0.05, 0.1) is 18.4 Å². The molecule has 16 heavy (non-hydrogen) atoms. The lowest BCUT2D eigenvalue weighted by atomic mass is 9.98. The number of hydrogen-bond acceptors (Lipinski definition) is 3. The van der Waals surface area contributed by atoms with E-state index in [2.05, 4.69) is 6.92 Å². The van der Waals surface area contributed by atoms with Gasteiger partial charge < -0.3 is 9.84 Å². The Morgan fingerprint density at radius 3 is 2.31 bits per heavy atom. The number of carboxylic acids is 1. The molecule has 0 bridgehead atoms. The predicted molar refractivity (Wildman–Crippen MR) is 61.1 cm³/mol. The maximum Gasteiger partial charge on any atom is 0.309 e. The van der Waals surface area contributed by atoms with E-state index < -0.39 is 11.9 Å². The summed E-state index contributed by atoms with van der Waals surface area (Å²) in [6.45, 7) is 5.60. The fourth-order valence-corrected chi connectivity index (χ4v) is 1.48. The standard InChI is InChI=1S/C12H22O4/c1-4-5-6-7-10(8-11(13)14)12(15)16-9(2)3/h9-10H,4-8H2,1-3H3,(H,13,14). The van der Waals surface area contributed by atoms with Crippen LogP contribution in [0.1, 0.15) is 52.9 Å². The molecule has 0 aromatic rings. The number of carboxylic acid groups (broad SMARTS) is 1. The van der Waals surface area contributed by atoms with Crippen LogP contribution in [0.15, 0.2) is 0 Å². The second kappa shape index (κ2) is 8.13. The van der Waals surface area contributed by atoms with Crippen LogP contribution in [0.4, 0.5) is 0 Å². The zero-order valence-corrected chi connectivity index (χ0v) is 10.4. The second-order valence-corrected chi connectivity index (χ2v) is 4.28. The molecule has 0 aliphatic carbocycles. The highest BCUT2D eigenvalue weighted by molar-refractivity contribution is 5.79. The number of rotatable bonds is 8. The van der Waals surface area contributed by atoms with E-state index in [1.807, 2.05) is 0 Å². The van der Waals surface area contributed by atoms with Gasteiger partial charge in [0.2, 0.25) is 0 Å². The van der Waals surface area contributed by atoms with Gasteiger partial charge in [0.15, 0.2) is 0 Å². The smallest absolute Gasteiger partial charge is 0.309 e. The van der Waals surface area contributed by atoms with Crippen molar-refractivity contribution in [2.24, 2.45) is 5.92 Å². The molecular weight excluding hydrogens is 208 g/mol. The van der Waals surface area contributed by atoms with Gasteiger partial charge in [-0.3, -0.25) is 9.59 Å². The molecule has 0 saturated heterocycles. The molecule has 1 atom stereocenters. The third-order valence-electron chi connectivity index (χ3n) is 2.26. The van der Waals surface area contributed by atoms with E-state index >= 15 is 0 Å². The zero-order chi connectivity index (χ0) is 12.6. The van der Waals surface area contributed by atoms with Gasteiger partial charge >= 0.3 is 11.9 Å². The van der Waals surface area contributed by atoms with E-state index in [4.69, 9.17) is 9.84 Å². The Bertz CT molecular complexity index is 223. The van der Waals surface area contributed by atoms with Crippen molar-refractivity contribution in [2.45, 2.75) is 59.0 Å². The lowest BCUT2D eigenvalue weighted by Gasteiger charge is -2.15. The Kier molecular flexibility index (Phi) is 7.60. The van der Waals surface area contributed by atoms with Crippen LogP contribution >= 0.6 is 0 Å². The van der Waals surface area contributed by atoms with E-state index in [0.717, 1.165) is 19.3 Å². The fraction of sp³-hybridized carbons (Fsp3) is 0.833. The van der Waals surface area contributed by atoms with Gasteiger partial charge in [-0.1, -0.05) is 26.2 Å². The highest BCUT2D eigenvalue weighted by atomic mass is 16.5. The summed E-state index contributed by atoms with van der Waals surface area (Å²) in [5.74, 6) is -1.82. The first kappa shape index (κ1) is 14.9. The predicted octanol–water partition coefficient (Wildman–Crippen LogP) is 2.61. The number of carbonyl (C=O) groups is 2. The van der Waals surface area contributed by atoms with Crippen LogP contribution in [-0.4, -0.2) is 23.1 Å². The van der Waals surface area contributed by atoms with E-state index in [9.17, 15) is 9.59 Å². The topological polar surface area (TPSA) is 63.6 Å². The average molecular weight is 230 g/mol. The van der Waals surface area contributed by atoms with Gasteiger partial charge in [-0.2, -0.15) is 0 Å². The summed E-state index contributed by atoms with van der Waals surface area (Å²) in [5, 5.41) is 8.72. The molecule has 4 nitrogen and oxygen atoms in total. The van der Waals surface area contributed by atoms with Crippen molar-refractivity contribution in [2.75, 3.05) is 0 Å². The summed E-state index contributed by atoms with van der Waals surface area (Å²) in [7, 11) is 0. The van der Waals surface area contributed by atoms with Gasteiger partial charge in [0, 0.05) is 0 Å². The minimum Gasteiger partial charge on any atom is -0.481 e. The highest BCUT2D eigenvalue weighted by Crippen LogP contribution is 2.16. The lowest BCUT2D eigenvalue weighted by molar-refractivity contribution is -0.156. The minimum absolute atomic E-state index is 0.130. The number of aliphatic carboxylic acids is 1. The lowest BCUT2D eigenvalue weighted by Crippen LogP contribution is -2.23. The first-order valence-corrected chi connectivity index (χ1v) is 5.89. The molecule has 0 radical (unpaired) electrons. The van der Waals surface area contributed by atoms with Crippen LogP contribution < -0.4 is 0 Å². The first-order valence-electron chi connectivity index (χ1n) is 5.89. The Morgan fingerprint density at radius 2 is 1.88 bits per heavy atom. The number of hydrogen-bond donors (Lipinski definition) is 1. The minimum atomic E-state index is -0.942. The monoisotopic (exact) mass is 230 g/mol. The normalized spacial score (nSPS) is 12.5. The maximum absolute atomic E-state index is 11.6. The van der Waals surface area contributed by atoms with Gasteiger partial charge in [0.25, 0.3) is 0 Å². The summed E-state index contributed by atoms with van der Waals surface area (Å²) in [5.41, 5.74) is 0. The molecule has 1 N–H and O–H groups in total. The van der Waals surface area contributed by atoms with Crippen LogP contribution in [0.25, 0.3) is 0 Å². The zero-order valence-electron chi connectivity index (χ0n) is 10.4. The summed E-state index contributed by atoms with van der Waals surface area (Å²) in [4.78, 5) is 22.2. The van der Waals surface area contributed by atoms with E-state index in [-0.39, 0.29) is 18.5 Å². The van der Waals surface area contributed by atoms with Gasteiger partial charge in [0.1, 0.15) is 0 Å². The van der Waals surface area contributed by atoms with E-state index in [1.165, 1.54) is 0 Å². The number of carbonyl (C=O) groups excluding carboxylic acids is 1. The molecule has 0 spiro atoms. The summed E-state index contributed by atoms with van der Waals surface area (Å²) < 4.78 is 5.04.